The first-order valence-corrected chi connectivity index (χ1v) is 20.6. The Morgan fingerprint density at radius 2 is 1.33 bits per heavy atom. The SMILES string of the molecule is CC(C)=CC/C=C(/C)[C@H]1CC[C@]2(C)[C@@H]1[C@H](O)C[C@@H]1[C@@]3(C)CC[C@H](O)C(C)(C)[C@@H]3[C@@H](O[C@@H]3O[C@H](CO)[C@@H](O)[C@H](O)[C@H]3O[C@@H]3O[C@H](CO)[C@@H](O)[C@H](O)[C@H]3O)C[C@]12C. The van der Waals surface area contributed by atoms with Gasteiger partial charge in [0.15, 0.2) is 12.6 Å². The highest BCUT2D eigenvalue weighted by Crippen LogP contribution is 2.76. The van der Waals surface area contributed by atoms with Crippen LogP contribution in [0.1, 0.15) is 100 Å². The van der Waals surface area contributed by atoms with Gasteiger partial charge in [-0.25, -0.2) is 0 Å². The normalized spacial score (nSPS) is 52.5. The molecule has 0 spiro atoms. The van der Waals surface area contributed by atoms with Crippen LogP contribution in [0.25, 0.3) is 0 Å². The zero-order valence-electron chi connectivity index (χ0n) is 34.0. The summed E-state index contributed by atoms with van der Waals surface area (Å²) in [5.74, 6) is 0.0687. The smallest absolute Gasteiger partial charge is 0.187 e. The molecular formula is C42H70O13. The second-order valence-corrected chi connectivity index (χ2v) is 19.6. The monoisotopic (exact) mass is 782 g/mol. The summed E-state index contributed by atoms with van der Waals surface area (Å²) >= 11 is 0. The molecule has 6 rings (SSSR count). The number of aliphatic hydroxyl groups is 9. The molecule has 4 saturated carbocycles. The van der Waals surface area contributed by atoms with Crippen LogP contribution in [0.5, 0.6) is 0 Å². The van der Waals surface area contributed by atoms with Crippen molar-refractivity contribution in [3.05, 3.63) is 23.3 Å². The van der Waals surface area contributed by atoms with Gasteiger partial charge in [-0.3, -0.25) is 0 Å². The van der Waals surface area contributed by atoms with Gasteiger partial charge in [-0.1, -0.05) is 57.9 Å². The molecule has 316 valence electrons. The molecule has 6 aliphatic rings. The van der Waals surface area contributed by atoms with Crippen molar-refractivity contribution in [1.29, 1.82) is 0 Å². The summed E-state index contributed by atoms with van der Waals surface area (Å²) in [7, 11) is 0. The molecule has 0 aromatic heterocycles. The van der Waals surface area contributed by atoms with Gasteiger partial charge in [-0.15, -0.1) is 0 Å². The van der Waals surface area contributed by atoms with E-state index in [4.69, 9.17) is 18.9 Å². The van der Waals surface area contributed by atoms with E-state index < -0.39 is 104 Å². The van der Waals surface area contributed by atoms with Crippen LogP contribution >= 0.6 is 0 Å². The van der Waals surface area contributed by atoms with Gasteiger partial charge in [0.25, 0.3) is 0 Å². The number of hydrogen-bond acceptors (Lipinski definition) is 13. The summed E-state index contributed by atoms with van der Waals surface area (Å²) in [4.78, 5) is 0. The Hall–Kier alpha value is -1.04. The summed E-state index contributed by atoms with van der Waals surface area (Å²) in [5.41, 5.74) is 0.870. The summed E-state index contributed by atoms with van der Waals surface area (Å²) in [6.45, 7) is 16.1. The Kier molecular flexibility index (Phi) is 12.6. The molecule has 6 fully saturated rings. The van der Waals surface area contributed by atoms with Crippen LogP contribution in [0.15, 0.2) is 23.3 Å². The lowest BCUT2D eigenvalue weighted by atomic mass is 9.34. The average Bonchev–Trinajstić information content (AvgIpc) is 3.50. The maximum atomic E-state index is 12.2. The van der Waals surface area contributed by atoms with E-state index in [-0.39, 0.29) is 34.5 Å². The van der Waals surface area contributed by atoms with Gasteiger partial charge < -0.3 is 64.9 Å². The Labute approximate surface area is 326 Å². The maximum Gasteiger partial charge on any atom is 0.187 e. The number of hydrogen-bond donors (Lipinski definition) is 9. The van der Waals surface area contributed by atoms with Gasteiger partial charge in [0, 0.05) is 0 Å². The molecule has 0 aromatic rings. The number of allylic oxidation sites excluding steroid dienone is 4. The maximum absolute atomic E-state index is 12.2. The van der Waals surface area contributed by atoms with Crippen molar-refractivity contribution >= 4 is 0 Å². The minimum absolute atomic E-state index is 0.0173. The third-order valence-electron chi connectivity index (χ3n) is 16.1. The van der Waals surface area contributed by atoms with Crippen molar-refractivity contribution in [2.75, 3.05) is 13.2 Å². The summed E-state index contributed by atoms with van der Waals surface area (Å²) in [6.07, 6.45) is -7.65. The van der Waals surface area contributed by atoms with Gasteiger partial charge in [0.2, 0.25) is 0 Å². The minimum atomic E-state index is -1.79. The Morgan fingerprint density at radius 1 is 0.709 bits per heavy atom. The lowest BCUT2D eigenvalue weighted by Crippen LogP contribution is -2.71. The van der Waals surface area contributed by atoms with Crippen molar-refractivity contribution in [3.63, 3.8) is 0 Å². The van der Waals surface area contributed by atoms with Crippen LogP contribution in [0, 0.1) is 45.3 Å². The molecule has 0 aromatic carbocycles. The zero-order valence-corrected chi connectivity index (χ0v) is 34.0. The molecule has 0 radical (unpaired) electrons. The topological polar surface area (TPSA) is 219 Å². The third kappa shape index (κ3) is 7.12. The quantitative estimate of drug-likeness (QED) is 0.121. The van der Waals surface area contributed by atoms with Crippen molar-refractivity contribution in [2.24, 2.45) is 45.3 Å². The second-order valence-electron chi connectivity index (χ2n) is 19.6. The van der Waals surface area contributed by atoms with E-state index >= 15 is 0 Å². The Morgan fingerprint density at radius 3 is 1.95 bits per heavy atom. The van der Waals surface area contributed by atoms with Gasteiger partial charge in [-0.2, -0.15) is 0 Å². The second kappa shape index (κ2) is 15.9. The van der Waals surface area contributed by atoms with Crippen molar-refractivity contribution < 1.29 is 64.9 Å². The molecule has 0 unspecified atom stereocenters. The van der Waals surface area contributed by atoms with Crippen LogP contribution in [0.2, 0.25) is 0 Å². The lowest BCUT2D eigenvalue weighted by molar-refractivity contribution is -0.383. The first-order valence-electron chi connectivity index (χ1n) is 20.6. The molecular weight excluding hydrogens is 712 g/mol. The highest BCUT2D eigenvalue weighted by molar-refractivity contribution is 5.24. The molecule has 4 aliphatic carbocycles. The van der Waals surface area contributed by atoms with E-state index in [1.807, 2.05) is 13.8 Å². The van der Waals surface area contributed by atoms with E-state index in [0.29, 0.717) is 25.7 Å². The van der Waals surface area contributed by atoms with Gasteiger partial charge in [-0.05, 0) is 111 Å². The van der Waals surface area contributed by atoms with Crippen LogP contribution < -0.4 is 0 Å². The average molecular weight is 783 g/mol. The molecule has 55 heavy (non-hydrogen) atoms. The van der Waals surface area contributed by atoms with Crippen molar-refractivity contribution in [1.82, 2.24) is 0 Å². The first-order chi connectivity index (χ1) is 25.7. The van der Waals surface area contributed by atoms with Crippen LogP contribution in [-0.4, -0.2) is 139 Å². The third-order valence-corrected chi connectivity index (χ3v) is 16.1. The molecule has 2 saturated heterocycles. The molecule has 20 atom stereocenters. The van der Waals surface area contributed by atoms with Crippen LogP contribution in [-0.2, 0) is 18.9 Å². The van der Waals surface area contributed by atoms with E-state index in [2.05, 4.69) is 53.7 Å². The Bertz CT molecular complexity index is 1420. The number of rotatable bonds is 9. The summed E-state index contributed by atoms with van der Waals surface area (Å²) < 4.78 is 25.0. The largest absolute Gasteiger partial charge is 0.394 e. The van der Waals surface area contributed by atoms with E-state index in [1.54, 1.807) is 0 Å². The fourth-order valence-electron chi connectivity index (χ4n) is 13.0. The van der Waals surface area contributed by atoms with Crippen LogP contribution in [0.4, 0.5) is 0 Å². The standard InChI is InChI=1S/C42H70O13/c1-20(2)10-9-11-21(3)22-12-15-41(7)29(22)23(45)16-27-40(6)14-13-28(46)39(4,5)36(40)24(17-42(27,41)8)52-38-35(33(50)31(48)26(19-44)54-38)55-37-34(51)32(49)30(47)25(18-43)53-37/h10-11,22-38,43-51H,9,12-19H2,1-8H3/b21-11-/t22-,23-,24+,25-,26-,27-,28+,29+,30-,31-,32+,33+,34-,35-,36+,37+,38-,40-,41-,42-/m1/s1. The zero-order chi connectivity index (χ0) is 40.6. The van der Waals surface area contributed by atoms with E-state index in [0.717, 1.165) is 19.3 Å². The summed E-state index contributed by atoms with van der Waals surface area (Å²) in [6, 6.07) is 0. The van der Waals surface area contributed by atoms with Crippen LogP contribution in [0.3, 0.4) is 0 Å². The highest BCUT2D eigenvalue weighted by Gasteiger charge is 2.73. The molecule has 13 heteroatoms. The predicted molar refractivity (Wildman–Crippen MR) is 201 cm³/mol. The molecule has 0 amide bonds. The van der Waals surface area contributed by atoms with Crippen molar-refractivity contribution in [3.8, 4) is 0 Å². The number of fused-ring (bicyclic) bond motifs is 5. The van der Waals surface area contributed by atoms with Gasteiger partial charge in [0.1, 0.15) is 48.8 Å². The van der Waals surface area contributed by atoms with E-state index in [9.17, 15) is 46.0 Å². The van der Waals surface area contributed by atoms with Gasteiger partial charge >= 0.3 is 0 Å². The number of aliphatic hydroxyl groups excluding tert-OH is 9. The molecule has 9 N–H and O–H groups in total. The molecule has 13 nitrogen and oxygen atoms in total. The minimum Gasteiger partial charge on any atom is -0.394 e. The number of ether oxygens (including phenoxy) is 4. The van der Waals surface area contributed by atoms with Gasteiger partial charge in [0.05, 0.1) is 31.5 Å². The highest BCUT2D eigenvalue weighted by atomic mass is 16.8. The Balaban J connectivity index is 1.39. The lowest BCUT2D eigenvalue weighted by Gasteiger charge is -2.72. The molecule has 2 aliphatic heterocycles. The summed E-state index contributed by atoms with van der Waals surface area (Å²) in [5, 5.41) is 98.1. The first kappa shape index (κ1) is 43.5. The molecule has 2 heterocycles. The molecule has 0 bridgehead atoms. The fourth-order valence-corrected chi connectivity index (χ4v) is 13.0. The predicted octanol–water partition coefficient (Wildman–Crippen LogP) is 1.93. The fraction of sp³-hybridized carbons (Fsp3) is 0.905. The van der Waals surface area contributed by atoms with Crippen molar-refractivity contribution in [2.45, 2.75) is 180 Å². The van der Waals surface area contributed by atoms with E-state index in [1.165, 1.54) is 11.1 Å².